The number of rotatable bonds is 0. The topological polar surface area (TPSA) is 35.2 Å². The van der Waals surface area contributed by atoms with Crippen LogP contribution in [0.5, 0.6) is 5.75 Å². The summed E-state index contributed by atoms with van der Waals surface area (Å²) in [6.07, 6.45) is 4.49. The van der Waals surface area contributed by atoms with Crippen LogP contribution in [0.15, 0.2) is 18.2 Å². The van der Waals surface area contributed by atoms with Gasteiger partial charge in [0, 0.05) is 23.0 Å². The summed E-state index contributed by atoms with van der Waals surface area (Å²) < 4.78 is 6.41. The van der Waals surface area contributed by atoms with Gasteiger partial charge in [0.1, 0.15) is 11.4 Å². The van der Waals surface area contributed by atoms with E-state index in [0.29, 0.717) is 5.92 Å². The molecule has 1 aromatic carbocycles. The summed E-state index contributed by atoms with van der Waals surface area (Å²) in [6.45, 7) is 4.64. The number of ether oxygens (including phenoxy) is 1. The molecule has 0 radical (unpaired) electrons. The lowest BCUT2D eigenvalue weighted by Gasteiger charge is -2.49. The maximum atomic E-state index is 6.41. The molecule has 2 aliphatic rings. The van der Waals surface area contributed by atoms with E-state index in [-0.39, 0.29) is 11.6 Å². The third kappa shape index (κ3) is 2.25. The van der Waals surface area contributed by atoms with Gasteiger partial charge in [0.05, 0.1) is 0 Å². The highest BCUT2D eigenvalue weighted by atomic mass is 35.5. The largest absolute Gasteiger partial charge is 0.487 e. The molecule has 4 unspecified atom stereocenters. The van der Waals surface area contributed by atoms with Crippen molar-refractivity contribution >= 4 is 11.6 Å². The second-order valence-electron chi connectivity index (χ2n) is 6.44. The highest BCUT2D eigenvalue weighted by Gasteiger charge is 2.46. The first kappa shape index (κ1) is 13.3. The van der Waals surface area contributed by atoms with Crippen molar-refractivity contribution in [1.82, 2.24) is 0 Å². The fourth-order valence-electron chi connectivity index (χ4n) is 3.77. The molecule has 1 aromatic rings. The Morgan fingerprint density at radius 1 is 1.37 bits per heavy atom. The summed E-state index contributed by atoms with van der Waals surface area (Å²) in [6, 6.07) is 5.86. The fraction of sp³-hybridized carbons (Fsp3) is 0.625. The normalized spacial score (nSPS) is 37.8. The molecule has 19 heavy (non-hydrogen) atoms. The summed E-state index contributed by atoms with van der Waals surface area (Å²) in [7, 11) is 0. The van der Waals surface area contributed by atoms with Gasteiger partial charge >= 0.3 is 0 Å². The Morgan fingerprint density at radius 3 is 2.89 bits per heavy atom. The lowest BCUT2D eigenvalue weighted by atomic mass is 9.68. The van der Waals surface area contributed by atoms with Crippen molar-refractivity contribution < 1.29 is 4.74 Å². The highest BCUT2D eigenvalue weighted by molar-refractivity contribution is 6.30. The van der Waals surface area contributed by atoms with Crippen molar-refractivity contribution in [3.05, 3.63) is 28.8 Å². The fourth-order valence-corrected chi connectivity index (χ4v) is 3.95. The average molecular weight is 280 g/mol. The van der Waals surface area contributed by atoms with Gasteiger partial charge in [-0.2, -0.15) is 0 Å². The molecule has 1 heterocycles. The van der Waals surface area contributed by atoms with Gasteiger partial charge in [-0.05, 0) is 49.3 Å². The van der Waals surface area contributed by atoms with Crippen LogP contribution in [0, 0.1) is 11.8 Å². The Morgan fingerprint density at radius 2 is 2.16 bits per heavy atom. The van der Waals surface area contributed by atoms with Crippen LogP contribution in [0.1, 0.15) is 51.1 Å². The Kier molecular flexibility index (Phi) is 3.26. The van der Waals surface area contributed by atoms with Crippen molar-refractivity contribution in [3.8, 4) is 5.75 Å². The van der Waals surface area contributed by atoms with E-state index >= 15 is 0 Å². The molecule has 3 rings (SSSR count). The van der Waals surface area contributed by atoms with E-state index < -0.39 is 0 Å². The van der Waals surface area contributed by atoms with E-state index in [2.05, 4.69) is 13.8 Å². The van der Waals surface area contributed by atoms with Gasteiger partial charge in [-0.1, -0.05) is 25.4 Å². The third-order valence-corrected chi connectivity index (χ3v) is 5.20. The van der Waals surface area contributed by atoms with Crippen molar-refractivity contribution in [1.29, 1.82) is 0 Å². The van der Waals surface area contributed by atoms with E-state index in [0.717, 1.165) is 35.1 Å². The smallest absolute Gasteiger partial charge is 0.125 e. The van der Waals surface area contributed by atoms with E-state index in [9.17, 15) is 0 Å². The molecule has 2 N–H and O–H groups in total. The molecule has 2 nitrogen and oxygen atoms in total. The standard InChI is InChI=1S/C16H22ClNO/c1-10-5-6-16(11(2)7-10)9-14(18)13-8-12(17)3-4-15(13)19-16/h3-4,8,10-11,14H,5-7,9,18H2,1-2H3. The quantitative estimate of drug-likeness (QED) is 0.768. The van der Waals surface area contributed by atoms with E-state index in [1.165, 1.54) is 12.8 Å². The maximum absolute atomic E-state index is 6.41. The molecular formula is C16H22ClNO. The number of nitrogens with two attached hydrogens (primary N) is 1. The predicted molar refractivity (Wildman–Crippen MR) is 78.5 cm³/mol. The molecule has 0 bridgehead atoms. The Hall–Kier alpha value is -0.730. The summed E-state index contributed by atoms with van der Waals surface area (Å²) >= 11 is 6.06. The Labute approximate surface area is 120 Å². The van der Waals surface area contributed by atoms with Gasteiger partial charge in [0.2, 0.25) is 0 Å². The van der Waals surface area contributed by atoms with Crippen molar-refractivity contribution in [3.63, 3.8) is 0 Å². The second-order valence-corrected chi connectivity index (χ2v) is 6.88. The van der Waals surface area contributed by atoms with Crippen LogP contribution in [-0.4, -0.2) is 5.60 Å². The number of benzene rings is 1. The van der Waals surface area contributed by atoms with E-state index in [1.807, 2.05) is 18.2 Å². The minimum absolute atomic E-state index is 0.0401. The van der Waals surface area contributed by atoms with Crippen LogP contribution in [-0.2, 0) is 0 Å². The zero-order valence-corrected chi connectivity index (χ0v) is 12.4. The lowest BCUT2D eigenvalue weighted by Crippen LogP contribution is -2.50. The maximum Gasteiger partial charge on any atom is 0.125 e. The van der Waals surface area contributed by atoms with Gasteiger partial charge in [-0.15, -0.1) is 0 Å². The molecule has 0 aromatic heterocycles. The molecule has 3 heteroatoms. The Balaban J connectivity index is 1.94. The molecule has 1 spiro atoms. The van der Waals surface area contributed by atoms with Gasteiger partial charge in [-0.3, -0.25) is 0 Å². The summed E-state index contributed by atoms with van der Waals surface area (Å²) in [4.78, 5) is 0. The monoisotopic (exact) mass is 279 g/mol. The minimum atomic E-state index is -0.0627. The van der Waals surface area contributed by atoms with Crippen LogP contribution in [0.4, 0.5) is 0 Å². The van der Waals surface area contributed by atoms with Crippen LogP contribution in [0.3, 0.4) is 0 Å². The molecule has 1 aliphatic carbocycles. The molecule has 0 saturated heterocycles. The average Bonchev–Trinajstić information content (AvgIpc) is 2.36. The van der Waals surface area contributed by atoms with Crippen molar-refractivity contribution in [2.24, 2.45) is 17.6 Å². The van der Waals surface area contributed by atoms with Crippen LogP contribution in [0.25, 0.3) is 0 Å². The van der Waals surface area contributed by atoms with Crippen LogP contribution in [0.2, 0.25) is 5.02 Å². The van der Waals surface area contributed by atoms with E-state index in [4.69, 9.17) is 22.1 Å². The molecule has 4 atom stereocenters. The molecule has 1 saturated carbocycles. The Bertz CT molecular complexity index is 490. The van der Waals surface area contributed by atoms with Gasteiger partial charge in [-0.25, -0.2) is 0 Å². The van der Waals surface area contributed by atoms with Crippen molar-refractivity contribution in [2.45, 2.75) is 51.2 Å². The third-order valence-electron chi connectivity index (χ3n) is 4.96. The minimum Gasteiger partial charge on any atom is -0.487 e. The lowest BCUT2D eigenvalue weighted by molar-refractivity contribution is -0.0519. The molecule has 0 amide bonds. The van der Waals surface area contributed by atoms with Gasteiger partial charge in [0.25, 0.3) is 0 Å². The first-order chi connectivity index (χ1) is 9.00. The van der Waals surface area contributed by atoms with Crippen LogP contribution < -0.4 is 10.5 Å². The predicted octanol–water partition coefficient (Wildman–Crippen LogP) is 4.32. The molecule has 1 fully saturated rings. The highest BCUT2D eigenvalue weighted by Crippen LogP contribution is 2.49. The van der Waals surface area contributed by atoms with Crippen LogP contribution >= 0.6 is 11.6 Å². The number of halogens is 1. The molecule has 1 aliphatic heterocycles. The number of hydrogen-bond donors (Lipinski definition) is 1. The summed E-state index contributed by atoms with van der Waals surface area (Å²) in [5, 5.41) is 0.735. The SMILES string of the molecule is CC1CCC2(CC(N)c3cc(Cl)ccc3O2)C(C)C1. The number of fused-ring (bicyclic) bond motifs is 1. The van der Waals surface area contributed by atoms with Gasteiger partial charge in [0.15, 0.2) is 0 Å². The molecule has 104 valence electrons. The second kappa shape index (κ2) is 4.68. The summed E-state index contributed by atoms with van der Waals surface area (Å²) in [5.74, 6) is 2.29. The van der Waals surface area contributed by atoms with E-state index in [1.54, 1.807) is 0 Å². The van der Waals surface area contributed by atoms with Crippen molar-refractivity contribution in [2.75, 3.05) is 0 Å². The first-order valence-electron chi connectivity index (χ1n) is 7.24. The van der Waals surface area contributed by atoms with Gasteiger partial charge < -0.3 is 10.5 Å². The number of hydrogen-bond acceptors (Lipinski definition) is 2. The summed E-state index contributed by atoms with van der Waals surface area (Å²) in [5.41, 5.74) is 7.38. The molecular weight excluding hydrogens is 258 g/mol. The zero-order chi connectivity index (χ0) is 13.6. The zero-order valence-electron chi connectivity index (χ0n) is 11.7. The first-order valence-corrected chi connectivity index (χ1v) is 7.62.